The predicted octanol–water partition coefficient (Wildman–Crippen LogP) is 3.38. The van der Waals surface area contributed by atoms with Crippen LogP contribution in [0, 0.1) is 46.3 Å². The Hall–Kier alpha value is -5.00. The molecule has 2 N–H and O–H groups in total. The Bertz CT molecular complexity index is 1680. The molecule has 12 heteroatoms. The highest BCUT2D eigenvalue weighted by atomic mass is 16.6. The van der Waals surface area contributed by atoms with Crippen molar-refractivity contribution in [1.82, 2.24) is 0 Å². The van der Waals surface area contributed by atoms with E-state index in [0.29, 0.717) is 12.8 Å². The summed E-state index contributed by atoms with van der Waals surface area (Å²) in [6.07, 6.45) is 1.89. The summed E-state index contributed by atoms with van der Waals surface area (Å²) in [4.78, 5) is 74.2. The number of nitrogens with one attached hydrogen (secondary N) is 2. The number of ketones is 2. The molecule has 0 amide bonds. The van der Waals surface area contributed by atoms with Gasteiger partial charge in [0.2, 0.25) is 11.6 Å². The van der Waals surface area contributed by atoms with Crippen LogP contribution in [-0.2, 0) is 19.2 Å². The average molecular weight is 587 g/mol. The lowest BCUT2D eigenvalue weighted by Gasteiger charge is -2.24. The van der Waals surface area contributed by atoms with Crippen LogP contribution in [0.3, 0.4) is 0 Å². The lowest BCUT2D eigenvalue weighted by molar-refractivity contribution is -0.141. The van der Waals surface area contributed by atoms with Crippen molar-refractivity contribution in [3.63, 3.8) is 0 Å². The first-order valence-corrected chi connectivity index (χ1v) is 13.8. The number of benzene rings is 2. The Morgan fingerprint density at radius 2 is 1.30 bits per heavy atom. The first-order valence-electron chi connectivity index (χ1n) is 13.8. The number of ether oxygens (including phenoxy) is 4. The zero-order chi connectivity index (χ0) is 30.7. The lowest BCUT2D eigenvalue weighted by atomic mass is 9.82. The van der Waals surface area contributed by atoms with Gasteiger partial charge in [0.1, 0.15) is 23.0 Å². The van der Waals surface area contributed by atoms with Gasteiger partial charge in [-0.25, -0.2) is 9.59 Å². The number of carbonyl (C=O) groups is 6. The molecule has 2 heterocycles. The minimum atomic E-state index is -1.04. The van der Waals surface area contributed by atoms with Gasteiger partial charge in [-0.3, -0.25) is 30.0 Å². The van der Waals surface area contributed by atoms with Gasteiger partial charge in [0.05, 0.1) is 23.0 Å². The summed E-state index contributed by atoms with van der Waals surface area (Å²) in [6.45, 7) is 3.88. The highest BCUT2D eigenvalue weighted by Crippen LogP contribution is 2.55. The second-order valence-electron chi connectivity index (χ2n) is 11.5. The minimum Gasteiger partial charge on any atom is -0.426 e. The predicted molar refractivity (Wildman–Crippen MR) is 146 cm³/mol. The number of esters is 4. The van der Waals surface area contributed by atoms with E-state index in [-0.39, 0.29) is 57.8 Å². The molecule has 0 radical (unpaired) electrons. The van der Waals surface area contributed by atoms with E-state index in [1.54, 1.807) is 6.92 Å². The maximum Gasteiger partial charge on any atom is 0.365 e. The van der Waals surface area contributed by atoms with Crippen LogP contribution >= 0.6 is 0 Å². The van der Waals surface area contributed by atoms with Crippen LogP contribution in [0.2, 0.25) is 0 Å². The van der Waals surface area contributed by atoms with Crippen molar-refractivity contribution in [3.8, 4) is 23.0 Å². The second kappa shape index (κ2) is 10.4. The van der Waals surface area contributed by atoms with Gasteiger partial charge in [0, 0.05) is 0 Å². The maximum absolute atomic E-state index is 13.2. The molecular weight excluding hydrogens is 560 g/mol. The molecule has 2 saturated carbocycles. The molecule has 43 heavy (non-hydrogen) atoms. The highest BCUT2D eigenvalue weighted by molar-refractivity contribution is 6.68. The Morgan fingerprint density at radius 1 is 0.791 bits per heavy atom. The normalized spacial score (nSPS) is 26.6. The average Bonchev–Trinajstić information content (AvgIpc) is 3.55. The van der Waals surface area contributed by atoms with E-state index in [9.17, 15) is 28.8 Å². The number of Topliss-reactive ketones (excluding diaryl/α,β-unsaturated/α-hetero) is 2. The van der Waals surface area contributed by atoms with E-state index in [4.69, 9.17) is 29.8 Å². The Labute approximate surface area is 244 Å². The van der Waals surface area contributed by atoms with Gasteiger partial charge < -0.3 is 18.9 Å². The summed E-state index contributed by atoms with van der Waals surface area (Å²) in [5.74, 6) is -4.89. The van der Waals surface area contributed by atoms with Crippen molar-refractivity contribution in [3.05, 3.63) is 47.5 Å². The molecule has 12 nitrogen and oxygen atoms in total. The van der Waals surface area contributed by atoms with Gasteiger partial charge in [-0.05, 0) is 79.3 Å². The van der Waals surface area contributed by atoms with Crippen molar-refractivity contribution in [2.24, 2.45) is 35.5 Å². The van der Waals surface area contributed by atoms with Crippen molar-refractivity contribution in [2.75, 3.05) is 0 Å². The zero-order valence-corrected chi connectivity index (χ0v) is 23.1. The number of fused-ring (bicyclic) bond motifs is 3. The standard InChI is InChI=1S/C31H26N2O10/c1-12-7-18(13(2)28(36)40-15-3-5-22-20(10-15)26(34)24(32)30(38)42-22)19-9-14(8-17(12)19)29(37)41-16-4-6-23-21(11-16)27(35)25(33)31(39)43-23/h3-6,10-14,17-19,32-33H,7-9H2,1-2H3. The molecular formula is C31H26N2O10. The van der Waals surface area contributed by atoms with Crippen molar-refractivity contribution in [2.45, 2.75) is 33.1 Å². The van der Waals surface area contributed by atoms with E-state index in [2.05, 4.69) is 6.92 Å². The molecule has 220 valence electrons. The van der Waals surface area contributed by atoms with Crippen LogP contribution in [0.5, 0.6) is 23.0 Å². The van der Waals surface area contributed by atoms with E-state index in [1.807, 2.05) is 0 Å². The fourth-order valence-electron chi connectivity index (χ4n) is 6.81. The van der Waals surface area contributed by atoms with E-state index in [0.717, 1.165) is 6.42 Å². The smallest absolute Gasteiger partial charge is 0.365 e. The van der Waals surface area contributed by atoms with Gasteiger partial charge in [0.25, 0.3) is 0 Å². The molecule has 0 spiro atoms. The quantitative estimate of drug-likeness (QED) is 0.388. The summed E-state index contributed by atoms with van der Waals surface area (Å²) in [5.41, 5.74) is -1.65. The maximum atomic E-state index is 13.2. The van der Waals surface area contributed by atoms with Gasteiger partial charge in [-0.1, -0.05) is 13.8 Å². The second-order valence-corrected chi connectivity index (χ2v) is 11.5. The molecule has 0 bridgehead atoms. The molecule has 2 aromatic rings. The first kappa shape index (κ1) is 28.1. The number of hydrogen-bond acceptors (Lipinski definition) is 12. The van der Waals surface area contributed by atoms with Crippen LogP contribution < -0.4 is 18.9 Å². The molecule has 0 aromatic heterocycles. The van der Waals surface area contributed by atoms with Gasteiger partial charge >= 0.3 is 23.9 Å². The van der Waals surface area contributed by atoms with E-state index in [1.165, 1.54) is 36.4 Å². The SMILES string of the molecule is CC1CC(C(C)C(=O)Oc2ccc3c(c2)C(=O)C(=N)C(=O)O3)C2CC(C(=O)Oc3ccc4c(c3)C(=O)C(=N)C(=O)O4)CC12. The monoisotopic (exact) mass is 586 g/mol. The Kier molecular flexibility index (Phi) is 6.79. The van der Waals surface area contributed by atoms with E-state index < -0.39 is 58.7 Å². The summed E-state index contributed by atoms with van der Waals surface area (Å²) < 4.78 is 21.1. The molecule has 6 unspecified atom stereocenters. The van der Waals surface area contributed by atoms with Gasteiger partial charge in [-0.15, -0.1) is 0 Å². The minimum absolute atomic E-state index is 0.0000777. The molecule has 6 atom stereocenters. The van der Waals surface area contributed by atoms with Gasteiger partial charge in [-0.2, -0.15) is 0 Å². The fraction of sp³-hybridized carbons (Fsp3) is 0.355. The largest absolute Gasteiger partial charge is 0.426 e. The van der Waals surface area contributed by atoms with Gasteiger partial charge in [0.15, 0.2) is 11.4 Å². The number of carbonyl (C=O) groups excluding carboxylic acids is 6. The third-order valence-electron chi connectivity index (χ3n) is 9.03. The third-order valence-corrected chi connectivity index (χ3v) is 9.03. The highest BCUT2D eigenvalue weighted by Gasteiger charge is 2.52. The molecule has 2 aliphatic carbocycles. The Morgan fingerprint density at radius 3 is 1.86 bits per heavy atom. The topological polar surface area (TPSA) is 187 Å². The number of hydrogen-bond donors (Lipinski definition) is 2. The van der Waals surface area contributed by atoms with Crippen LogP contribution in [0.4, 0.5) is 0 Å². The van der Waals surface area contributed by atoms with Crippen LogP contribution in [-0.4, -0.2) is 46.9 Å². The van der Waals surface area contributed by atoms with Crippen molar-refractivity contribution >= 4 is 46.9 Å². The summed E-state index contributed by atoms with van der Waals surface area (Å²) in [6, 6.07) is 8.11. The fourth-order valence-corrected chi connectivity index (χ4v) is 6.81. The summed E-state index contributed by atoms with van der Waals surface area (Å²) >= 11 is 0. The summed E-state index contributed by atoms with van der Waals surface area (Å²) in [7, 11) is 0. The Balaban J connectivity index is 1.11. The van der Waals surface area contributed by atoms with Crippen LogP contribution in [0.25, 0.3) is 0 Å². The number of rotatable bonds is 5. The lowest BCUT2D eigenvalue weighted by Crippen LogP contribution is -2.33. The molecule has 2 aromatic carbocycles. The molecule has 2 aliphatic heterocycles. The van der Waals surface area contributed by atoms with Crippen LogP contribution in [0.1, 0.15) is 53.8 Å². The summed E-state index contributed by atoms with van der Waals surface area (Å²) in [5, 5.41) is 15.2. The van der Waals surface area contributed by atoms with Crippen molar-refractivity contribution < 1.29 is 47.7 Å². The van der Waals surface area contributed by atoms with Crippen LogP contribution in [0.15, 0.2) is 36.4 Å². The first-order chi connectivity index (χ1) is 20.4. The molecule has 0 saturated heterocycles. The molecule has 2 fully saturated rings. The molecule has 4 aliphatic rings. The van der Waals surface area contributed by atoms with E-state index >= 15 is 0 Å². The molecule has 6 rings (SSSR count). The van der Waals surface area contributed by atoms with Crippen molar-refractivity contribution in [1.29, 1.82) is 10.8 Å². The zero-order valence-electron chi connectivity index (χ0n) is 23.1. The third kappa shape index (κ3) is 4.82.